The highest BCUT2D eigenvalue weighted by Crippen LogP contribution is 2.23. The van der Waals surface area contributed by atoms with E-state index in [0.717, 1.165) is 70.9 Å². The number of ether oxygens (including phenoxy) is 1. The van der Waals surface area contributed by atoms with Crippen LogP contribution in [0.1, 0.15) is 233 Å². The first-order chi connectivity index (χ1) is 24.4. The molecule has 0 rings (SSSR count). The number of amides is 1. The van der Waals surface area contributed by atoms with Crippen LogP contribution in [0.3, 0.4) is 0 Å². The topological polar surface area (TPSA) is 49.9 Å². The van der Waals surface area contributed by atoms with E-state index >= 15 is 0 Å². The van der Waals surface area contributed by atoms with Gasteiger partial charge < -0.3 is 14.5 Å². The van der Waals surface area contributed by atoms with Crippen molar-refractivity contribution in [2.24, 2.45) is 5.92 Å². The van der Waals surface area contributed by atoms with E-state index in [0.29, 0.717) is 37.3 Å². The fraction of sp³-hybridized carbons (Fsp3) is 0.956. The molecule has 0 saturated heterocycles. The second-order valence-corrected chi connectivity index (χ2v) is 16.0. The summed E-state index contributed by atoms with van der Waals surface area (Å²) in [7, 11) is 4.20. The number of carbonyl (C=O) groups is 2. The van der Waals surface area contributed by atoms with Crippen LogP contribution < -0.4 is 0 Å². The van der Waals surface area contributed by atoms with E-state index < -0.39 is 0 Å². The highest BCUT2D eigenvalue weighted by molar-refractivity contribution is 5.76. The Morgan fingerprint density at radius 1 is 0.460 bits per heavy atom. The van der Waals surface area contributed by atoms with Crippen LogP contribution in [0.4, 0.5) is 0 Å². The van der Waals surface area contributed by atoms with Crippen molar-refractivity contribution in [2.45, 2.75) is 239 Å². The number of rotatable bonds is 39. The van der Waals surface area contributed by atoms with Crippen LogP contribution in [0.5, 0.6) is 0 Å². The van der Waals surface area contributed by atoms with Crippen molar-refractivity contribution >= 4 is 11.9 Å². The van der Waals surface area contributed by atoms with Gasteiger partial charge in [0.25, 0.3) is 0 Å². The Balaban J connectivity index is 4.90. The van der Waals surface area contributed by atoms with E-state index in [1.807, 2.05) is 0 Å². The predicted molar refractivity (Wildman–Crippen MR) is 219 cm³/mol. The Bertz CT molecular complexity index is 717. The van der Waals surface area contributed by atoms with Gasteiger partial charge in [-0.2, -0.15) is 0 Å². The van der Waals surface area contributed by atoms with Gasteiger partial charge in [0.15, 0.2) is 0 Å². The minimum Gasteiger partial charge on any atom is -0.466 e. The molecule has 0 aromatic heterocycles. The third-order valence-corrected chi connectivity index (χ3v) is 10.8. The zero-order valence-corrected chi connectivity index (χ0v) is 35.0. The lowest BCUT2D eigenvalue weighted by atomic mass is 9.92. The van der Waals surface area contributed by atoms with E-state index in [1.54, 1.807) is 0 Å². The highest BCUT2D eigenvalue weighted by Gasteiger charge is 2.23. The van der Waals surface area contributed by atoms with Gasteiger partial charge in [0.1, 0.15) is 0 Å². The lowest BCUT2D eigenvalue weighted by molar-refractivity contribution is -0.144. The van der Waals surface area contributed by atoms with Crippen molar-refractivity contribution < 1.29 is 14.3 Å². The van der Waals surface area contributed by atoms with E-state index in [1.165, 1.54) is 135 Å². The second-order valence-electron chi connectivity index (χ2n) is 16.0. The summed E-state index contributed by atoms with van der Waals surface area (Å²) in [5.41, 5.74) is 0. The first-order valence-corrected chi connectivity index (χ1v) is 22.5. The molecule has 1 unspecified atom stereocenters. The second kappa shape index (κ2) is 37.7. The lowest BCUT2D eigenvalue weighted by Gasteiger charge is -2.33. The van der Waals surface area contributed by atoms with Gasteiger partial charge in [-0.1, -0.05) is 182 Å². The molecule has 0 spiro atoms. The maximum absolute atomic E-state index is 13.7. The van der Waals surface area contributed by atoms with Crippen molar-refractivity contribution in [3.63, 3.8) is 0 Å². The highest BCUT2D eigenvalue weighted by atomic mass is 16.5. The van der Waals surface area contributed by atoms with Crippen LogP contribution >= 0.6 is 0 Å². The summed E-state index contributed by atoms with van der Waals surface area (Å²) in [5, 5.41) is 0. The summed E-state index contributed by atoms with van der Waals surface area (Å²) in [5.74, 6) is 1.08. The number of esters is 1. The van der Waals surface area contributed by atoms with Crippen molar-refractivity contribution in [1.82, 2.24) is 9.80 Å². The van der Waals surface area contributed by atoms with Gasteiger partial charge in [-0.25, -0.2) is 0 Å². The maximum atomic E-state index is 13.7. The van der Waals surface area contributed by atoms with Crippen molar-refractivity contribution in [3.05, 3.63) is 0 Å². The molecule has 0 heterocycles. The van der Waals surface area contributed by atoms with Gasteiger partial charge in [-0.3, -0.25) is 9.59 Å². The van der Waals surface area contributed by atoms with Gasteiger partial charge in [0.2, 0.25) is 5.91 Å². The fourth-order valence-electron chi connectivity index (χ4n) is 7.45. The van der Waals surface area contributed by atoms with Crippen LogP contribution in [-0.2, 0) is 14.3 Å². The molecule has 0 aromatic rings. The van der Waals surface area contributed by atoms with Gasteiger partial charge >= 0.3 is 5.97 Å². The first-order valence-electron chi connectivity index (χ1n) is 22.5. The molecule has 5 nitrogen and oxygen atoms in total. The third kappa shape index (κ3) is 31.6. The molecular formula is C45H90N2O3. The quantitative estimate of drug-likeness (QED) is 0.0472. The Hall–Kier alpha value is -1.10. The molecule has 0 saturated carbocycles. The lowest BCUT2D eigenvalue weighted by Crippen LogP contribution is -2.41. The number of unbranched alkanes of at least 4 members (excludes halogenated alkanes) is 19. The van der Waals surface area contributed by atoms with Crippen LogP contribution in [0.25, 0.3) is 0 Å². The standard InChI is InChI=1S/C45H90N2O3/c1-7-11-15-17-19-20-21-27-34-43(47(40-30-24-18-16-12-8-2)44(48)36-31-39-46(5)6)35-28-22-23-29-37-45(49)50-41-38-42(32-25-13-9-3)33-26-14-10-4/h42-43H,7-41H2,1-6H3. The number of nitrogens with zero attached hydrogens (tertiary/aromatic N) is 2. The summed E-state index contributed by atoms with van der Waals surface area (Å²) in [6.45, 7) is 11.6. The van der Waals surface area contributed by atoms with E-state index in [-0.39, 0.29) is 5.97 Å². The summed E-state index contributed by atoms with van der Waals surface area (Å²) in [4.78, 5) is 30.8. The smallest absolute Gasteiger partial charge is 0.305 e. The molecule has 1 atom stereocenters. The molecule has 1 amide bonds. The Kier molecular flexibility index (Phi) is 36.8. The summed E-state index contributed by atoms with van der Waals surface area (Å²) < 4.78 is 5.71. The molecule has 0 radical (unpaired) electrons. The van der Waals surface area contributed by atoms with E-state index in [2.05, 4.69) is 51.6 Å². The summed E-state index contributed by atoms with van der Waals surface area (Å²) in [6, 6.07) is 0.366. The van der Waals surface area contributed by atoms with E-state index in [9.17, 15) is 9.59 Å². The summed E-state index contributed by atoms with van der Waals surface area (Å²) >= 11 is 0. The largest absolute Gasteiger partial charge is 0.466 e. The average molecular weight is 707 g/mol. The van der Waals surface area contributed by atoms with Crippen molar-refractivity contribution in [2.75, 3.05) is 33.8 Å². The Morgan fingerprint density at radius 2 is 0.900 bits per heavy atom. The average Bonchev–Trinajstić information content (AvgIpc) is 3.09. The van der Waals surface area contributed by atoms with Crippen LogP contribution in [0.15, 0.2) is 0 Å². The number of hydrogen-bond donors (Lipinski definition) is 0. The molecule has 50 heavy (non-hydrogen) atoms. The van der Waals surface area contributed by atoms with Crippen LogP contribution in [-0.4, -0.2) is 61.5 Å². The van der Waals surface area contributed by atoms with Gasteiger partial charge in [0, 0.05) is 25.4 Å². The van der Waals surface area contributed by atoms with E-state index in [4.69, 9.17) is 4.74 Å². The molecule has 0 bridgehead atoms. The van der Waals surface area contributed by atoms with Gasteiger partial charge in [-0.05, 0) is 65.1 Å². The molecular weight excluding hydrogens is 617 g/mol. The maximum Gasteiger partial charge on any atom is 0.305 e. The predicted octanol–water partition coefficient (Wildman–Crippen LogP) is 13.5. The third-order valence-electron chi connectivity index (χ3n) is 10.8. The number of hydrogen-bond acceptors (Lipinski definition) is 4. The first kappa shape index (κ1) is 48.9. The molecule has 5 heteroatoms. The Morgan fingerprint density at radius 3 is 1.42 bits per heavy atom. The normalized spacial score (nSPS) is 12.2. The molecule has 298 valence electrons. The minimum atomic E-state index is -0.00753. The zero-order chi connectivity index (χ0) is 36.9. The molecule has 0 aromatic carbocycles. The van der Waals surface area contributed by atoms with Crippen molar-refractivity contribution in [1.29, 1.82) is 0 Å². The molecule has 0 aliphatic carbocycles. The van der Waals surface area contributed by atoms with Gasteiger partial charge in [0.05, 0.1) is 6.61 Å². The fourth-order valence-corrected chi connectivity index (χ4v) is 7.45. The van der Waals surface area contributed by atoms with Crippen LogP contribution in [0, 0.1) is 5.92 Å². The minimum absolute atomic E-state index is 0.00753. The molecule has 0 N–H and O–H groups in total. The molecule has 0 aliphatic rings. The summed E-state index contributed by atoms with van der Waals surface area (Å²) in [6.07, 6.45) is 38.3. The molecule has 0 fully saturated rings. The Labute approximate surface area is 314 Å². The van der Waals surface area contributed by atoms with Crippen LogP contribution in [0.2, 0.25) is 0 Å². The monoisotopic (exact) mass is 707 g/mol. The van der Waals surface area contributed by atoms with Gasteiger partial charge in [-0.15, -0.1) is 0 Å². The number of carbonyl (C=O) groups excluding carboxylic acids is 2. The SMILES string of the molecule is CCCCCCCCCCC(CCCCCCC(=O)OCCC(CCCCC)CCCCC)N(CCCCCCCC)C(=O)CCCN(C)C. The zero-order valence-electron chi connectivity index (χ0n) is 35.0. The van der Waals surface area contributed by atoms with Crippen molar-refractivity contribution in [3.8, 4) is 0 Å². The molecule has 0 aliphatic heterocycles.